The first-order chi connectivity index (χ1) is 12.0. The molecule has 0 aromatic heterocycles. The highest BCUT2D eigenvalue weighted by atomic mass is 16.5. The fraction of sp³-hybridized carbons (Fsp3) is 0.556. The summed E-state index contributed by atoms with van der Waals surface area (Å²) in [6, 6.07) is 1.93. The summed E-state index contributed by atoms with van der Waals surface area (Å²) in [5, 5.41) is 9.04. The van der Waals surface area contributed by atoms with E-state index >= 15 is 0 Å². The van der Waals surface area contributed by atoms with Gasteiger partial charge in [0.15, 0.2) is 11.5 Å². The molecule has 7 heteroatoms. The molecule has 0 spiro atoms. The van der Waals surface area contributed by atoms with E-state index in [1.807, 2.05) is 6.07 Å². The minimum atomic E-state index is -0.882. The Hall–Kier alpha value is -2.44. The van der Waals surface area contributed by atoms with Gasteiger partial charge < -0.3 is 24.2 Å². The molecule has 1 aliphatic heterocycles. The number of carboxylic acid groups (broad SMARTS) is 1. The van der Waals surface area contributed by atoms with Crippen LogP contribution in [0.4, 0.5) is 0 Å². The number of hydrogen-bond acceptors (Lipinski definition) is 5. The lowest BCUT2D eigenvalue weighted by Gasteiger charge is -2.20. The van der Waals surface area contributed by atoms with Crippen molar-refractivity contribution in [3.05, 3.63) is 17.2 Å². The molecule has 2 unspecified atom stereocenters. The molecule has 1 saturated carbocycles. The van der Waals surface area contributed by atoms with Crippen molar-refractivity contribution in [2.24, 2.45) is 11.8 Å². The molecule has 0 radical (unpaired) electrons. The van der Waals surface area contributed by atoms with E-state index in [9.17, 15) is 9.59 Å². The van der Waals surface area contributed by atoms with Crippen molar-refractivity contribution in [1.82, 2.24) is 4.90 Å². The first-order valence-electron chi connectivity index (χ1n) is 8.34. The number of nitrogens with zero attached hydrogens (tertiary/aromatic N) is 1. The number of rotatable bonds is 5. The fourth-order valence-electron chi connectivity index (χ4n) is 3.57. The predicted octanol–water partition coefficient (Wildman–Crippen LogP) is 1.36. The van der Waals surface area contributed by atoms with Gasteiger partial charge in [0.05, 0.1) is 33.2 Å². The number of carbonyl (C=O) groups is 2. The molecule has 1 heterocycles. The lowest BCUT2D eigenvalue weighted by molar-refractivity contribution is -0.142. The summed E-state index contributed by atoms with van der Waals surface area (Å²) >= 11 is 0. The Kier molecular flexibility index (Phi) is 4.74. The van der Waals surface area contributed by atoms with Gasteiger partial charge in [-0.15, -0.1) is 0 Å². The minimum absolute atomic E-state index is 0.0573. The molecule has 2 aliphatic rings. The number of hydrogen-bond donors (Lipinski definition) is 1. The quantitative estimate of drug-likeness (QED) is 0.864. The highest BCUT2D eigenvalue weighted by Gasteiger charge is 2.49. The second-order valence-electron chi connectivity index (χ2n) is 6.40. The Bertz CT molecular complexity index is 701. The van der Waals surface area contributed by atoms with Crippen LogP contribution in [0.25, 0.3) is 0 Å². The monoisotopic (exact) mass is 349 g/mol. The third kappa shape index (κ3) is 3.10. The van der Waals surface area contributed by atoms with E-state index in [0.717, 1.165) is 11.1 Å². The van der Waals surface area contributed by atoms with Crippen molar-refractivity contribution in [2.75, 3.05) is 34.4 Å². The van der Waals surface area contributed by atoms with Gasteiger partial charge in [-0.25, -0.2) is 0 Å². The molecule has 7 nitrogen and oxygen atoms in total. The number of carboxylic acids is 1. The minimum Gasteiger partial charge on any atom is -0.493 e. The number of amides is 1. The SMILES string of the molecule is COc1cc2c(c(OC)c1OC)CCN(C(=O)C1CC1C(=O)O)CC2. The number of fused-ring (bicyclic) bond motifs is 1. The van der Waals surface area contributed by atoms with Crippen molar-refractivity contribution < 1.29 is 28.9 Å². The topological polar surface area (TPSA) is 85.3 Å². The molecule has 2 atom stereocenters. The van der Waals surface area contributed by atoms with Crippen LogP contribution >= 0.6 is 0 Å². The van der Waals surface area contributed by atoms with Crippen LogP contribution in [0.15, 0.2) is 6.07 Å². The molecule has 0 bridgehead atoms. The van der Waals surface area contributed by atoms with Crippen LogP contribution in [0.2, 0.25) is 0 Å². The third-order valence-corrected chi connectivity index (χ3v) is 5.04. The standard InChI is InChI=1S/C18H23NO6/c1-23-14-8-10-4-6-19(17(20)12-9-13(12)18(21)22)7-5-11(10)15(24-2)16(14)25-3/h8,12-13H,4-7,9H2,1-3H3,(H,21,22). The van der Waals surface area contributed by atoms with Gasteiger partial charge in [0, 0.05) is 18.7 Å². The summed E-state index contributed by atoms with van der Waals surface area (Å²) in [6.45, 7) is 1.10. The number of methoxy groups -OCH3 is 3. The second kappa shape index (κ2) is 6.82. The van der Waals surface area contributed by atoms with E-state index < -0.39 is 11.9 Å². The molecular formula is C18H23NO6. The largest absolute Gasteiger partial charge is 0.493 e. The maximum atomic E-state index is 12.6. The van der Waals surface area contributed by atoms with Crippen molar-refractivity contribution in [2.45, 2.75) is 19.3 Å². The zero-order valence-electron chi connectivity index (χ0n) is 14.7. The fourth-order valence-corrected chi connectivity index (χ4v) is 3.57. The van der Waals surface area contributed by atoms with E-state index in [4.69, 9.17) is 19.3 Å². The molecule has 136 valence electrons. The molecule has 1 aromatic carbocycles. The van der Waals surface area contributed by atoms with Crippen LogP contribution in [0.1, 0.15) is 17.5 Å². The molecule has 1 N–H and O–H groups in total. The average molecular weight is 349 g/mol. The van der Waals surface area contributed by atoms with Gasteiger partial charge in [0.25, 0.3) is 0 Å². The Morgan fingerprint density at radius 2 is 1.72 bits per heavy atom. The first kappa shape index (κ1) is 17.4. The van der Waals surface area contributed by atoms with Gasteiger partial charge in [-0.2, -0.15) is 0 Å². The van der Waals surface area contributed by atoms with E-state index in [0.29, 0.717) is 49.6 Å². The lowest BCUT2D eigenvalue weighted by Crippen LogP contribution is -2.35. The maximum absolute atomic E-state index is 12.6. The summed E-state index contributed by atoms with van der Waals surface area (Å²) in [5.74, 6) is -0.0353. The van der Waals surface area contributed by atoms with Crippen LogP contribution in [0.5, 0.6) is 17.2 Å². The highest BCUT2D eigenvalue weighted by Crippen LogP contribution is 2.44. The highest BCUT2D eigenvalue weighted by molar-refractivity contribution is 5.89. The van der Waals surface area contributed by atoms with Crippen LogP contribution in [0, 0.1) is 11.8 Å². The van der Waals surface area contributed by atoms with Gasteiger partial charge in [-0.05, 0) is 30.9 Å². The summed E-state index contributed by atoms with van der Waals surface area (Å²) < 4.78 is 16.4. The number of carbonyl (C=O) groups excluding carboxylic acids is 1. The predicted molar refractivity (Wildman–Crippen MR) is 89.3 cm³/mol. The van der Waals surface area contributed by atoms with Crippen molar-refractivity contribution in [1.29, 1.82) is 0 Å². The van der Waals surface area contributed by atoms with E-state index in [-0.39, 0.29) is 11.8 Å². The molecule has 3 rings (SSSR count). The maximum Gasteiger partial charge on any atom is 0.307 e. The third-order valence-electron chi connectivity index (χ3n) is 5.04. The molecule has 25 heavy (non-hydrogen) atoms. The first-order valence-corrected chi connectivity index (χ1v) is 8.34. The summed E-state index contributed by atoms with van der Waals surface area (Å²) in [7, 11) is 4.74. The van der Waals surface area contributed by atoms with Gasteiger partial charge >= 0.3 is 5.97 Å². The number of ether oxygens (including phenoxy) is 3. The number of aliphatic carboxylic acids is 1. The Morgan fingerprint density at radius 1 is 1.04 bits per heavy atom. The zero-order valence-corrected chi connectivity index (χ0v) is 14.7. The normalized spacial score (nSPS) is 21.8. The van der Waals surface area contributed by atoms with E-state index in [1.165, 1.54) is 0 Å². The Morgan fingerprint density at radius 3 is 2.28 bits per heavy atom. The zero-order chi connectivity index (χ0) is 18.1. The van der Waals surface area contributed by atoms with E-state index in [1.54, 1.807) is 26.2 Å². The molecule has 0 saturated heterocycles. The van der Waals surface area contributed by atoms with E-state index in [2.05, 4.69) is 0 Å². The van der Waals surface area contributed by atoms with Crippen LogP contribution in [-0.2, 0) is 22.4 Å². The Labute approximate surface area is 146 Å². The number of benzene rings is 1. The summed E-state index contributed by atoms with van der Waals surface area (Å²) in [5.41, 5.74) is 2.08. The van der Waals surface area contributed by atoms with Crippen LogP contribution in [-0.4, -0.2) is 56.3 Å². The van der Waals surface area contributed by atoms with Gasteiger partial charge in [0.1, 0.15) is 0 Å². The van der Waals surface area contributed by atoms with Gasteiger partial charge in [0.2, 0.25) is 11.7 Å². The summed E-state index contributed by atoms with van der Waals surface area (Å²) in [6.07, 6.45) is 1.75. The average Bonchev–Trinajstić information content (AvgIpc) is 3.42. The smallest absolute Gasteiger partial charge is 0.307 e. The molecular weight excluding hydrogens is 326 g/mol. The van der Waals surface area contributed by atoms with Crippen molar-refractivity contribution in [3.8, 4) is 17.2 Å². The molecule has 1 amide bonds. The molecule has 1 aliphatic carbocycles. The molecule has 1 aromatic rings. The Balaban J connectivity index is 1.82. The van der Waals surface area contributed by atoms with Gasteiger partial charge in [-0.1, -0.05) is 0 Å². The second-order valence-corrected chi connectivity index (χ2v) is 6.40. The lowest BCUT2D eigenvalue weighted by atomic mass is 10.0. The summed E-state index contributed by atoms with van der Waals surface area (Å²) in [4.78, 5) is 25.3. The van der Waals surface area contributed by atoms with Crippen molar-refractivity contribution in [3.63, 3.8) is 0 Å². The van der Waals surface area contributed by atoms with Gasteiger partial charge in [-0.3, -0.25) is 9.59 Å². The van der Waals surface area contributed by atoms with Crippen LogP contribution in [0.3, 0.4) is 0 Å². The van der Waals surface area contributed by atoms with Crippen LogP contribution < -0.4 is 14.2 Å². The van der Waals surface area contributed by atoms with Crippen molar-refractivity contribution >= 4 is 11.9 Å². The molecule has 1 fully saturated rings.